The lowest BCUT2D eigenvalue weighted by Crippen LogP contribution is -2.28. The average Bonchev–Trinajstić information content (AvgIpc) is 3.03. The lowest BCUT2D eigenvalue weighted by molar-refractivity contribution is -0.385. The molecule has 0 saturated carbocycles. The zero-order valence-corrected chi connectivity index (χ0v) is 26.1. The fourth-order valence-corrected chi connectivity index (χ4v) is 5.68. The molecule has 0 spiro atoms. The number of nitrogens with zero attached hydrogens (tertiary/aromatic N) is 4. The van der Waals surface area contributed by atoms with Gasteiger partial charge in [-0.3, -0.25) is 30.2 Å². The second-order valence-electron chi connectivity index (χ2n) is 10.5. The van der Waals surface area contributed by atoms with Gasteiger partial charge in [0.05, 0.1) is 58.2 Å². The molecule has 0 radical (unpaired) electrons. The van der Waals surface area contributed by atoms with E-state index in [1.165, 1.54) is 76.4 Å². The molecule has 2 atom stereocenters. The van der Waals surface area contributed by atoms with E-state index < -0.39 is 45.5 Å². The molecule has 0 amide bonds. The van der Waals surface area contributed by atoms with Crippen LogP contribution >= 0.6 is 0 Å². The van der Waals surface area contributed by atoms with Crippen LogP contribution in [-0.2, 0) is 23.8 Å². The minimum absolute atomic E-state index is 0.0223. The normalized spacial score (nSPS) is 20.1. The number of hydrogen-bond donors (Lipinski definition) is 2. The second kappa shape index (κ2) is 13.5. The van der Waals surface area contributed by atoms with Crippen molar-refractivity contribution in [2.75, 3.05) is 14.2 Å². The molecule has 0 fully saturated rings. The summed E-state index contributed by atoms with van der Waals surface area (Å²) in [7, 11) is 2.32. The zero-order chi connectivity index (χ0) is 34.7. The molecule has 0 unspecified atom stereocenters. The summed E-state index contributed by atoms with van der Waals surface area (Å²) in [6, 6.07) is 10.7. The van der Waals surface area contributed by atoms with Crippen molar-refractivity contribution in [3.05, 3.63) is 125 Å². The van der Waals surface area contributed by atoms with E-state index in [1.54, 1.807) is 6.92 Å². The maximum absolute atomic E-state index is 14.0. The Morgan fingerprint density at radius 2 is 1.13 bits per heavy atom. The number of non-ortho nitro benzene ring substituents is 2. The molecule has 4 rings (SSSR count). The van der Waals surface area contributed by atoms with Crippen LogP contribution in [0.5, 0.6) is 0 Å². The van der Waals surface area contributed by atoms with Crippen molar-refractivity contribution in [3.8, 4) is 0 Å². The Morgan fingerprint density at radius 3 is 1.53 bits per heavy atom. The standard InChI is InChI=1S/C32H30N4O11/c1-15-23(29(37)45-5)27(19-9-7-11-21(13-19)35(41)42)25(17(3)33-15)31(39)47-32(40)26-18(4)34-16(2)24(30(38)46-6)28(26)20-10-8-12-22(14-20)36(43)44/h7-14,27-28,37,40H,1-6H3/b29-23+,32-26+/t27-,28+/m0/s1. The molecule has 0 aliphatic carbocycles. The number of nitro benzene ring substituents is 2. The average molecular weight is 647 g/mol. The molecule has 2 aliphatic heterocycles. The number of carbonyl (C=O) groups excluding carboxylic acids is 2. The minimum atomic E-state index is -1.21. The first-order valence-electron chi connectivity index (χ1n) is 13.9. The number of benzene rings is 2. The van der Waals surface area contributed by atoms with Crippen LogP contribution in [0, 0.1) is 20.2 Å². The molecule has 2 aliphatic rings. The van der Waals surface area contributed by atoms with Gasteiger partial charge >= 0.3 is 11.9 Å². The number of nitro groups is 2. The van der Waals surface area contributed by atoms with Crippen molar-refractivity contribution in [1.29, 1.82) is 0 Å². The third kappa shape index (κ3) is 6.49. The molecular weight excluding hydrogens is 616 g/mol. The first-order chi connectivity index (χ1) is 22.2. The number of aliphatic hydroxyl groups excluding tert-OH is 2. The van der Waals surface area contributed by atoms with Gasteiger partial charge in [-0.25, -0.2) is 9.59 Å². The third-order valence-electron chi connectivity index (χ3n) is 7.68. The van der Waals surface area contributed by atoms with Crippen LogP contribution in [0.4, 0.5) is 11.4 Å². The highest BCUT2D eigenvalue weighted by molar-refractivity contribution is 6.08. The molecule has 2 aromatic rings. The Bertz CT molecular complexity index is 1900. The van der Waals surface area contributed by atoms with Gasteiger partial charge in [-0.15, -0.1) is 0 Å². The fraction of sp³-hybridized carbons (Fsp3) is 0.250. The Labute approximate surface area is 267 Å². The number of rotatable bonds is 8. The first kappa shape index (κ1) is 33.8. The van der Waals surface area contributed by atoms with Crippen LogP contribution < -0.4 is 0 Å². The topological polar surface area (TPSA) is 213 Å². The van der Waals surface area contributed by atoms with Gasteiger partial charge < -0.3 is 24.4 Å². The lowest BCUT2D eigenvalue weighted by Gasteiger charge is -2.29. The van der Waals surface area contributed by atoms with E-state index in [4.69, 9.17) is 14.2 Å². The Hall–Kier alpha value is -6.12. The highest BCUT2D eigenvalue weighted by atomic mass is 16.6. The molecule has 244 valence electrons. The number of allylic oxidation sites excluding steroid dienone is 4. The molecule has 0 aromatic heterocycles. The van der Waals surface area contributed by atoms with Gasteiger partial charge in [0.1, 0.15) is 0 Å². The largest absolute Gasteiger partial charge is 0.481 e. The summed E-state index contributed by atoms with van der Waals surface area (Å²) in [5.74, 6) is -5.98. The van der Waals surface area contributed by atoms with E-state index in [9.17, 15) is 40.0 Å². The summed E-state index contributed by atoms with van der Waals surface area (Å²) in [5, 5.41) is 45.4. The Kier molecular flexibility index (Phi) is 9.68. The Balaban J connectivity index is 1.92. The quantitative estimate of drug-likeness (QED) is 0.152. The molecule has 0 bridgehead atoms. The van der Waals surface area contributed by atoms with Crippen LogP contribution in [0.2, 0.25) is 0 Å². The van der Waals surface area contributed by atoms with E-state index in [2.05, 4.69) is 9.98 Å². The zero-order valence-electron chi connectivity index (χ0n) is 26.1. The van der Waals surface area contributed by atoms with Gasteiger partial charge in [0, 0.05) is 47.1 Å². The Morgan fingerprint density at radius 1 is 0.702 bits per heavy atom. The fourth-order valence-electron chi connectivity index (χ4n) is 5.68. The monoisotopic (exact) mass is 646 g/mol. The van der Waals surface area contributed by atoms with Crippen LogP contribution in [0.3, 0.4) is 0 Å². The number of aliphatic imine (C=N–C) groups is 2. The molecule has 2 heterocycles. The van der Waals surface area contributed by atoms with E-state index in [0.29, 0.717) is 0 Å². The smallest absolute Gasteiger partial charge is 0.344 e. The molecule has 2 aromatic carbocycles. The molecule has 0 saturated heterocycles. The van der Waals surface area contributed by atoms with Gasteiger partial charge in [0.15, 0.2) is 0 Å². The first-order valence-corrected chi connectivity index (χ1v) is 13.9. The number of esters is 2. The predicted molar refractivity (Wildman–Crippen MR) is 168 cm³/mol. The SMILES string of the molecule is COC(=O)C1=C(C)N=C(C)/C(=C(/O)OC(=O)C2=C(C)N=C(C)/C(=C(/O)OC)[C@@H]2c2cccc([N+](=O)[O-])c2)[C@@H]1c1cccc([N+](=O)[O-])c1. The van der Waals surface area contributed by atoms with Crippen LogP contribution in [-0.4, -0.2) is 57.6 Å². The predicted octanol–water partition coefficient (Wildman–Crippen LogP) is 5.77. The summed E-state index contributed by atoms with van der Waals surface area (Å²) < 4.78 is 15.6. The molecular formula is C32H30N4O11. The van der Waals surface area contributed by atoms with Crippen molar-refractivity contribution >= 4 is 34.7 Å². The van der Waals surface area contributed by atoms with Gasteiger partial charge in [0.2, 0.25) is 0 Å². The van der Waals surface area contributed by atoms with Crippen LogP contribution in [0.15, 0.2) is 104 Å². The lowest BCUT2D eigenvalue weighted by atomic mass is 9.79. The molecule has 47 heavy (non-hydrogen) atoms. The molecule has 15 heteroatoms. The van der Waals surface area contributed by atoms with Crippen molar-refractivity contribution < 1.29 is 43.9 Å². The number of ether oxygens (including phenoxy) is 3. The summed E-state index contributed by atoms with van der Waals surface area (Å²) in [5.41, 5.74) is 0.141. The summed E-state index contributed by atoms with van der Waals surface area (Å²) in [6.07, 6.45) is 0. The number of hydrogen-bond acceptors (Lipinski definition) is 13. The van der Waals surface area contributed by atoms with E-state index >= 15 is 0 Å². The summed E-state index contributed by atoms with van der Waals surface area (Å²) >= 11 is 0. The maximum Gasteiger partial charge on any atom is 0.344 e. The van der Waals surface area contributed by atoms with Crippen molar-refractivity contribution in [2.45, 2.75) is 39.5 Å². The minimum Gasteiger partial charge on any atom is -0.481 e. The molecule has 2 N–H and O–H groups in total. The second-order valence-corrected chi connectivity index (χ2v) is 10.5. The number of methoxy groups -OCH3 is 2. The van der Waals surface area contributed by atoms with Crippen LogP contribution in [0.25, 0.3) is 0 Å². The van der Waals surface area contributed by atoms with Gasteiger partial charge in [-0.05, 0) is 38.8 Å². The van der Waals surface area contributed by atoms with Crippen molar-refractivity contribution in [1.82, 2.24) is 0 Å². The van der Waals surface area contributed by atoms with E-state index in [1.807, 2.05) is 0 Å². The van der Waals surface area contributed by atoms with E-state index in [-0.39, 0.29) is 67.6 Å². The summed E-state index contributed by atoms with van der Waals surface area (Å²) in [4.78, 5) is 57.6. The molecule has 15 nitrogen and oxygen atoms in total. The van der Waals surface area contributed by atoms with Gasteiger partial charge in [-0.2, -0.15) is 0 Å². The van der Waals surface area contributed by atoms with Crippen LogP contribution in [0.1, 0.15) is 50.7 Å². The van der Waals surface area contributed by atoms with Crippen molar-refractivity contribution in [3.63, 3.8) is 0 Å². The summed E-state index contributed by atoms with van der Waals surface area (Å²) in [6.45, 7) is 6.05. The number of carbonyl (C=O) groups is 2. The van der Waals surface area contributed by atoms with Gasteiger partial charge in [0.25, 0.3) is 23.3 Å². The number of aliphatic hydroxyl groups is 2. The van der Waals surface area contributed by atoms with E-state index in [0.717, 1.165) is 7.11 Å². The van der Waals surface area contributed by atoms with Gasteiger partial charge in [-0.1, -0.05) is 24.3 Å². The van der Waals surface area contributed by atoms with Crippen molar-refractivity contribution in [2.24, 2.45) is 9.98 Å². The highest BCUT2D eigenvalue weighted by Gasteiger charge is 2.40. The maximum atomic E-state index is 14.0. The highest BCUT2D eigenvalue weighted by Crippen LogP contribution is 2.44. The third-order valence-corrected chi connectivity index (χ3v) is 7.68.